The third-order valence-corrected chi connectivity index (χ3v) is 4.62. The van der Waals surface area contributed by atoms with E-state index in [0.29, 0.717) is 28.3 Å². The van der Waals surface area contributed by atoms with E-state index in [1.54, 1.807) is 38.1 Å². The highest BCUT2D eigenvalue weighted by molar-refractivity contribution is 5.64. The summed E-state index contributed by atoms with van der Waals surface area (Å²) in [5.74, 6) is 0.341. The molecule has 0 aliphatic carbocycles. The normalized spacial score (nSPS) is 12.0. The molecule has 6 nitrogen and oxygen atoms in total. The van der Waals surface area contributed by atoms with Crippen molar-refractivity contribution in [3.8, 4) is 34.1 Å². The summed E-state index contributed by atoms with van der Waals surface area (Å²) in [5.41, 5.74) is 0.0802. The summed E-state index contributed by atoms with van der Waals surface area (Å²) in [7, 11) is 1.45. The first-order valence-electron chi connectivity index (χ1n) is 10.1. The molecule has 1 aromatic heterocycles. The van der Waals surface area contributed by atoms with E-state index in [1.165, 1.54) is 36.1 Å². The molecule has 182 valence electrons. The van der Waals surface area contributed by atoms with Gasteiger partial charge in [0.05, 0.1) is 18.4 Å². The van der Waals surface area contributed by atoms with Crippen LogP contribution in [0.25, 0.3) is 16.8 Å². The summed E-state index contributed by atoms with van der Waals surface area (Å²) in [5, 5.41) is 9.84. The fourth-order valence-electron chi connectivity index (χ4n) is 2.97. The van der Waals surface area contributed by atoms with Crippen molar-refractivity contribution >= 4 is 0 Å². The first-order valence-corrected chi connectivity index (χ1v) is 10.1. The van der Waals surface area contributed by atoms with Gasteiger partial charge in [-0.2, -0.15) is 17.6 Å². The summed E-state index contributed by atoms with van der Waals surface area (Å²) in [4.78, 5) is 12.7. The van der Waals surface area contributed by atoms with Crippen molar-refractivity contribution in [2.75, 3.05) is 13.7 Å². The van der Waals surface area contributed by atoms with Crippen LogP contribution in [0.2, 0.25) is 0 Å². The van der Waals surface area contributed by atoms with Crippen LogP contribution in [0.4, 0.5) is 17.6 Å². The Morgan fingerprint density at radius 1 is 0.971 bits per heavy atom. The van der Waals surface area contributed by atoms with E-state index < -0.39 is 23.9 Å². The van der Waals surface area contributed by atoms with Gasteiger partial charge in [-0.1, -0.05) is 12.1 Å². The van der Waals surface area contributed by atoms with Crippen molar-refractivity contribution in [2.45, 2.75) is 32.0 Å². The highest BCUT2D eigenvalue weighted by atomic mass is 19.3. The lowest BCUT2D eigenvalue weighted by molar-refractivity contribution is -0.253. The van der Waals surface area contributed by atoms with Crippen molar-refractivity contribution in [1.29, 1.82) is 0 Å². The van der Waals surface area contributed by atoms with Gasteiger partial charge in [0.2, 0.25) is 0 Å². The van der Waals surface area contributed by atoms with Gasteiger partial charge in [-0.3, -0.25) is 9.36 Å². The summed E-state index contributed by atoms with van der Waals surface area (Å²) >= 11 is 0. The maximum atomic E-state index is 13.0. The zero-order valence-corrected chi connectivity index (χ0v) is 18.6. The smallest absolute Gasteiger partial charge is 0.461 e. The number of alkyl halides is 4. The predicted molar refractivity (Wildman–Crippen MR) is 117 cm³/mol. The number of aromatic nitrogens is 1. The fraction of sp³-hybridized carbons (Fsp3) is 0.292. The average Bonchev–Trinajstić information content (AvgIpc) is 2.77. The maximum Gasteiger partial charge on any atom is 0.461 e. The number of pyridine rings is 1. The Hall–Kier alpha value is -3.53. The first-order chi connectivity index (χ1) is 15.9. The molecule has 3 rings (SSSR count). The Morgan fingerprint density at radius 2 is 1.65 bits per heavy atom. The number of hydrogen-bond donors (Lipinski definition) is 1. The molecule has 0 fully saturated rings. The summed E-state index contributed by atoms with van der Waals surface area (Å²) in [6.45, 7) is 3.25. The van der Waals surface area contributed by atoms with Crippen LogP contribution in [0.3, 0.4) is 0 Å². The fourth-order valence-corrected chi connectivity index (χ4v) is 2.97. The van der Waals surface area contributed by atoms with Gasteiger partial charge < -0.3 is 19.3 Å². The zero-order valence-electron chi connectivity index (χ0n) is 18.6. The van der Waals surface area contributed by atoms with Crippen LogP contribution in [0.15, 0.2) is 65.6 Å². The van der Waals surface area contributed by atoms with Gasteiger partial charge in [0, 0.05) is 18.3 Å². The molecule has 2 aromatic carbocycles. The SMILES string of the molecule is COc1cc(-n2ccc(-c3ccc(OC(F)(F)C(F)F)cc3)cc2=O)ccc1OCC(C)(C)O. The van der Waals surface area contributed by atoms with Crippen LogP contribution in [0.5, 0.6) is 17.2 Å². The summed E-state index contributed by atoms with van der Waals surface area (Å²) in [6, 6.07) is 12.9. The van der Waals surface area contributed by atoms with Gasteiger partial charge in [-0.15, -0.1) is 0 Å². The number of benzene rings is 2. The van der Waals surface area contributed by atoms with Crippen molar-refractivity contribution in [2.24, 2.45) is 0 Å². The molecular weight excluding hydrogens is 458 g/mol. The number of nitrogens with zero attached hydrogens (tertiary/aromatic N) is 1. The monoisotopic (exact) mass is 481 g/mol. The number of hydrogen-bond acceptors (Lipinski definition) is 5. The lowest BCUT2D eigenvalue weighted by atomic mass is 10.1. The lowest BCUT2D eigenvalue weighted by Gasteiger charge is -2.19. The predicted octanol–water partition coefficient (Wildman–Crippen LogP) is 4.90. The third kappa shape index (κ3) is 6.07. The van der Waals surface area contributed by atoms with Crippen LogP contribution in [0.1, 0.15) is 13.8 Å². The molecule has 1 heterocycles. The molecule has 0 unspecified atom stereocenters. The number of ether oxygens (including phenoxy) is 3. The average molecular weight is 481 g/mol. The second kappa shape index (κ2) is 9.76. The molecule has 1 N–H and O–H groups in total. The van der Waals surface area contributed by atoms with Crippen molar-refractivity contribution in [3.63, 3.8) is 0 Å². The zero-order chi connectivity index (χ0) is 25.1. The van der Waals surface area contributed by atoms with Crippen LogP contribution >= 0.6 is 0 Å². The molecular formula is C24H23F4NO5. The topological polar surface area (TPSA) is 69.9 Å². The Labute approximate surface area is 192 Å². The maximum absolute atomic E-state index is 13.0. The van der Waals surface area contributed by atoms with Gasteiger partial charge in [0.1, 0.15) is 12.4 Å². The van der Waals surface area contributed by atoms with Crippen LogP contribution in [-0.2, 0) is 0 Å². The third-order valence-electron chi connectivity index (χ3n) is 4.62. The second-order valence-electron chi connectivity index (χ2n) is 8.05. The Bertz CT molecular complexity index is 1190. The van der Waals surface area contributed by atoms with E-state index in [9.17, 15) is 27.5 Å². The first kappa shape index (κ1) is 25.1. The molecule has 0 aliphatic rings. The molecule has 0 saturated heterocycles. The molecule has 3 aromatic rings. The lowest BCUT2D eigenvalue weighted by Crippen LogP contribution is -2.33. The summed E-state index contributed by atoms with van der Waals surface area (Å²) in [6.07, 6.45) is -7.03. The number of methoxy groups -OCH3 is 1. The van der Waals surface area contributed by atoms with Crippen molar-refractivity contribution in [3.05, 3.63) is 71.1 Å². The summed E-state index contributed by atoms with van der Waals surface area (Å²) < 4.78 is 67.0. The van der Waals surface area contributed by atoms with Gasteiger partial charge >= 0.3 is 12.5 Å². The van der Waals surface area contributed by atoms with Gasteiger partial charge in [-0.05, 0) is 55.3 Å². The Balaban J connectivity index is 1.82. The van der Waals surface area contributed by atoms with Gasteiger partial charge in [0.15, 0.2) is 11.5 Å². The van der Waals surface area contributed by atoms with Crippen LogP contribution in [-0.4, -0.2) is 41.5 Å². The van der Waals surface area contributed by atoms with Crippen molar-refractivity contribution < 1.29 is 36.9 Å². The Kier molecular flexibility index (Phi) is 7.21. The minimum Gasteiger partial charge on any atom is -0.493 e. The van der Waals surface area contributed by atoms with E-state index in [2.05, 4.69) is 4.74 Å². The van der Waals surface area contributed by atoms with Gasteiger partial charge in [-0.25, -0.2) is 0 Å². The number of rotatable bonds is 9. The second-order valence-corrected chi connectivity index (χ2v) is 8.05. The van der Waals surface area contributed by atoms with E-state index in [1.807, 2.05) is 0 Å². The molecule has 0 radical (unpaired) electrons. The molecule has 10 heteroatoms. The highest BCUT2D eigenvalue weighted by Crippen LogP contribution is 2.31. The van der Waals surface area contributed by atoms with Crippen molar-refractivity contribution in [1.82, 2.24) is 4.57 Å². The molecule has 0 saturated carbocycles. The van der Waals surface area contributed by atoms with Crippen LogP contribution in [0, 0.1) is 0 Å². The van der Waals surface area contributed by atoms with E-state index >= 15 is 0 Å². The quantitative estimate of drug-likeness (QED) is 0.441. The van der Waals surface area contributed by atoms with Gasteiger partial charge in [0.25, 0.3) is 5.56 Å². The molecule has 0 aliphatic heterocycles. The number of halogens is 4. The molecule has 34 heavy (non-hydrogen) atoms. The standard InChI is InChI=1S/C24H23F4NO5/c1-23(2,31)14-33-19-9-6-17(13-20(19)32-3)29-11-10-16(12-21(29)30)15-4-7-18(8-5-15)34-24(27,28)22(25)26/h4-13,22,31H,14H2,1-3H3. The Morgan fingerprint density at radius 3 is 2.21 bits per heavy atom. The number of aliphatic hydroxyl groups is 1. The minimum absolute atomic E-state index is 0.0426. The molecule has 0 spiro atoms. The molecule has 0 atom stereocenters. The van der Waals surface area contributed by atoms with E-state index in [0.717, 1.165) is 12.1 Å². The largest absolute Gasteiger partial charge is 0.493 e. The highest BCUT2D eigenvalue weighted by Gasteiger charge is 2.43. The molecule has 0 bridgehead atoms. The minimum atomic E-state index is -4.60. The van der Waals surface area contributed by atoms with Crippen LogP contribution < -0.4 is 19.8 Å². The van der Waals surface area contributed by atoms with E-state index in [4.69, 9.17) is 9.47 Å². The van der Waals surface area contributed by atoms with E-state index in [-0.39, 0.29) is 12.2 Å². The molecule has 0 amide bonds.